The van der Waals surface area contributed by atoms with Crippen LogP contribution >= 0.6 is 22.9 Å². The van der Waals surface area contributed by atoms with Gasteiger partial charge in [-0.05, 0) is 28.5 Å². The van der Waals surface area contributed by atoms with Crippen molar-refractivity contribution < 1.29 is 4.39 Å². The molecule has 0 saturated heterocycles. The molecule has 0 spiro atoms. The molecule has 0 atom stereocenters. The number of thiophene rings is 1. The minimum Gasteiger partial charge on any atom is -0.308 e. The molecule has 0 aliphatic carbocycles. The smallest absolute Gasteiger partial charge is 0.146 e. The Balaban J connectivity index is 1.92. The normalized spacial score (nSPS) is 10.6. The Bertz CT molecular complexity index is 456. The van der Waals surface area contributed by atoms with E-state index in [0.29, 0.717) is 12.1 Å². The summed E-state index contributed by atoms with van der Waals surface area (Å²) in [5, 5.41) is 7.45. The lowest BCUT2D eigenvalue weighted by Gasteiger charge is -2.05. The van der Waals surface area contributed by atoms with E-state index < -0.39 is 0 Å². The highest BCUT2D eigenvalue weighted by atomic mass is 35.5. The van der Waals surface area contributed by atoms with E-state index in [0.717, 1.165) is 6.54 Å². The van der Waals surface area contributed by atoms with Gasteiger partial charge in [-0.1, -0.05) is 23.7 Å². The molecule has 1 N–H and O–H groups in total. The fraction of sp³-hybridized carbons (Fsp3) is 0.167. The molecule has 0 aliphatic rings. The van der Waals surface area contributed by atoms with Crippen LogP contribution in [0.15, 0.2) is 35.0 Å². The second-order valence-electron chi connectivity index (χ2n) is 3.45. The molecule has 4 heteroatoms. The van der Waals surface area contributed by atoms with Crippen LogP contribution in [-0.4, -0.2) is 0 Å². The highest BCUT2D eigenvalue weighted by Crippen LogP contribution is 2.17. The van der Waals surface area contributed by atoms with E-state index in [-0.39, 0.29) is 10.8 Å². The maximum absolute atomic E-state index is 13.5. The summed E-state index contributed by atoms with van der Waals surface area (Å²) >= 11 is 7.35. The number of hydrogen-bond acceptors (Lipinski definition) is 2. The Morgan fingerprint density at radius 2 is 2.12 bits per heavy atom. The third-order valence-electron chi connectivity index (χ3n) is 2.26. The summed E-state index contributed by atoms with van der Waals surface area (Å²) in [4.78, 5) is 0. The highest BCUT2D eigenvalue weighted by molar-refractivity contribution is 7.07. The second kappa shape index (κ2) is 5.43. The summed E-state index contributed by atoms with van der Waals surface area (Å²) in [6.07, 6.45) is 0. The molecule has 0 bridgehead atoms. The maximum Gasteiger partial charge on any atom is 0.146 e. The van der Waals surface area contributed by atoms with Crippen LogP contribution in [0.5, 0.6) is 0 Å². The summed E-state index contributed by atoms with van der Waals surface area (Å²) < 4.78 is 13.5. The zero-order valence-electron chi connectivity index (χ0n) is 8.54. The molecular formula is C12H11ClFNS. The third kappa shape index (κ3) is 2.82. The number of rotatable bonds is 4. The van der Waals surface area contributed by atoms with Gasteiger partial charge in [0.15, 0.2) is 0 Å². The van der Waals surface area contributed by atoms with Gasteiger partial charge in [-0.2, -0.15) is 11.3 Å². The van der Waals surface area contributed by atoms with Crippen LogP contribution in [0.25, 0.3) is 0 Å². The molecule has 16 heavy (non-hydrogen) atoms. The molecular weight excluding hydrogens is 245 g/mol. The summed E-state index contributed by atoms with van der Waals surface area (Å²) in [7, 11) is 0. The van der Waals surface area contributed by atoms with Gasteiger partial charge in [0.2, 0.25) is 0 Å². The molecule has 2 rings (SSSR count). The molecule has 1 aromatic carbocycles. The molecule has 0 fully saturated rings. The van der Waals surface area contributed by atoms with Gasteiger partial charge in [0, 0.05) is 18.7 Å². The van der Waals surface area contributed by atoms with Crippen LogP contribution < -0.4 is 5.32 Å². The number of halogens is 2. The van der Waals surface area contributed by atoms with Crippen molar-refractivity contribution in [3.05, 3.63) is 57.0 Å². The lowest BCUT2D eigenvalue weighted by atomic mass is 10.2. The molecule has 0 unspecified atom stereocenters. The molecule has 1 heterocycles. The van der Waals surface area contributed by atoms with Crippen LogP contribution in [0.4, 0.5) is 4.39 Å². The number of nitrogens with one attached hydrogen (secondary N) is 1. The monoisotopic (exact) mass is 255 g/mol. The largest absolute Gasteiger partial charge is 0.308 e. The van der Waals surface area contributed by atoms with Crippen molar-refractivity contribution in [3.63, 3.8) is 0 Å². The molecule has 1 nitrogen and oxygen atoms in total. The summed E-state index contributed by atoms with van der Waals surface area (Å²) in [6, 6.07) is 7.10. The highest BCUT2D eigenvalue weighted by Gasteiger charge is 2.05. The minimum absolute atomic E-state index is 0.176. The fourth-order valence-corrected chi connectivity index (χ4v) is 2.28. The summed E-state index contributed by atoms with van der Waals surface area (Å²) in [5.74, 6) is -0.331. The predicted molar refractivity (Wildman–Crippen MR) is 66.3 cm³/mol. The van der Waals surface area contributed by atoms with Crippen LogP contribution in [0, 0.1) is 5.82 Å². The molecule has 2 aromatic rings. The van der Waals surface area contributed by atoms with Gasteiger partial charge in [0.05, 0.1) is 5.02 Å². The molecule has 0 radical (unpaired) electrons. The van der Waals surface area contributed by atoms with Gasteiger partial charge in [0.25, 0.3) is 0 Å². The molecule has 0 saturated carbocycles. The van der Waals surface area contributed by atoms with Crippen molar-refractivity contribution in [2.24, 2.45) is 0 Å². The third-order valence-corrected chi connectivity index (χ3v) is 3.28. The van der Waals surface area contributed by atoms with Crippen LogP contribution in [-0.2, 0) is 13.1 Å². The van der Waals surface area contributed by atoms with Gasteiger partial charge in [-0.3, -0.25) is 0 Å². The quantitative estimate of drug-likeness (QED) is 0.876. The Hall–Kier alpha value is -0.900. The zero-order chi connectivity index (χ0) is 11.4. The molecule has 0 aliphatic heterocycles. The number of hydrogen-bond donors (Lipinski definition) is 1. The average molecular weight is 256 g/mol. The van der Waals surface area contributed by atoms with E-state index in [1.54, 1.807) is 29.5 Å². The molecule has 0 amide bonds. The lowest BCUT2D eigenvalue weighted by Crippen LogP contribution is -2.13. The predicted octanol–water partition coefficient (Wildman–Crippen LogP) is 3.83. The standard InChI is InChI=1S/C12H11ClFNS/c13-11-3-1-2-10(12(11)14)7-15-6-9-4-5-16-8-9/h1-5,8,15H,6-7H2. The number of benzene rings is 1. The first-order valence-electron chi connectivity index (χ1n) is 4.92. The van der Waals surface area contributed by atoms with Crippen molar-refractivity contribution in [1.29, 1.82) is 0 Å². The summed E-state index contributed by atoms with van der Waals surface area (Å²) in [5.41, 5.74) is 1.81. The maximum atomic E-state index is 13.5. The first kappa shape index (κ1) is 11.6. The summed E-state index contributed by atoms with van der Waals surface area (Å²) in [6.45, 7) is 1.23. The first-order valence-corrected chi connectivity index (χ1v) is 6.24. The van der Waals surface area contributed by atoms with E-state index in [9.17, 15) is 4.39 Å². The Morgan fingerprint density at radius 1 is 1.25 bits per heavy atom. The van der Waals surface area contributed by atoms with E-state index >= 15 is 0 Å². The Morgan fingerprint density at radius 3 is 2.88 bits per heavy atom. The van der Waals surface area contributed by atoms with E-state index in [4.69, 9.17) is 11.6 Å². The Labute approximate surface area is 103 Å². The van der Waals surface area contributed by atoms with E-state index in [2.05, 4.69) is 10.7 Å². The van der Waals surface area contributed by atoms with Crippen molar-refractivity contribution in [1.82, 2.24) is 5.32 Å². The van der Waals surface area contributed by atoms with Crippen molar-refractivity contribution in [2.75, 3.05) is 0 Å². The van der Waals surface area contributed by atoms with E-state index in [1.165, 1.54) is 5.56 Å². The van der Waals surface area contributed by atoms with Crippen molar-refractivity contribution in [2.45, 2.75) is 13.1 Å². The van der Waals surface area contributed by atoms with Crippen LogP contribution in [0.1, 0.15) is 11.1 Å². The molecule has 1 aromatic heterocycles. The van der Waals surface area contributed by atoms with Gasteiger partial charge >= 0.3 is 0 Å². The average Bonchev–Trinajstić information content (AvgIpc) is 2.77. The molecule has 84 valence electrons. The van der Waals surface area contributed by atoms with Crippen molar-refractivity contribution in [3.8, 4) is 0 Å². The van der Waals surface area contributed by atoms with Crippen LogP contribution in [0.2, 0.25) is 5.02 Å². The van der Waals surface area contributed by atoms with Crippen molar-refractivity contribution >= 4 is 22.9 Å². The Kier molecular flexibility index (Phi) is 3.93. The van der Waals surface area contributed by atoms with Crippen LogP contribution in [0.3, 0.4) is 0 Å². The zero-order valence-corrected chi connectivity index (χ0v) is 10.1. The SMILES string of the molecule is Fc1c(Cl)cccc1CNCc1ccsc1. The topological polar surface area (TPSA) is 12.0 Å². The fourth-order valence-electron chi connectivity index (χ4n) is 1.42. The minimum atomic E-state index is -0.331. The van der Waals surface area contributed by atoms with E-state index in [1.807, 2.05) is 11.4 Å². The van der Waals surface area contributed by atoms with Gasteiger partial charge in [0.1, 0.15) is 5.82 Å². The van der Waals surface area contributed by atoms with Gasteiger partial charge < -0.3 is 5.32 Å². The van der Waals surface area contributed by atoms with Gasteiger partial charge in [-0.15, -0.1) is 0 Å². The second-order valence-corrected chi connectivity index (χ2v) is 4.64. The lowest BCUT2D eigenvalue weighted by molar-refractivity contribution is 0.588. The van der Waals surface area contributed by atoms with Gasteiger partial charge in [-0.25, -0.2) is 4.39 Å². The first-order chi connectivity index (χ1) is 7.77.